The van der Waals surface area contributed by atoms with Gasteiger partial charge in [0.05, 0.1) is 21.4 Å². The average Bonchev–Trinajstić information content (AvgIpc) is 3.10. The highest BCUT2D eigenvalue weighted by molar-refractivity contribution is 9.11. The molecule has 31 heavy (non-hydrogen) atoms. The van der Waals surface area contributed by atoms with Gasteiger partial charge in [-0.15, -0.1) is 10.2 Å². The van der Waals surface area contributed by atoms with Gasteiger partial charge in [0.25, 0.3) is 11.6 Å². The number of hydrazone groups is 1. The minimum atomic E-state index is -0.479. The Hall–Kier alpha value is -2.77. The van der Waals surface area contributed by atoms with Gasteiger partial charge >= 0.3 is 0 Å². The largest absolute Gasteiger partial charge is 0.506 e. The molecule has 0 unspecified atom stereocenters. The Morgan fingerprint density at radius 2 is 2.13 bits per heavy atom. The SMILES string of the molecule is Cn1c(SCC(=O)N/N=C\c2cc(Br)cc(Br)c2O)nnc1-c1cccc([N+](=O)[O-])c1. The number of hydrogen-bond donors (Lipinski definition) is 2. The minimum Gasteiger partial charge on any atom is -0.506 e. The van der Waals surface area contributed by atoms with Gasteiger partial charge in [-0.3, -0.25) is 14.9 Å². The Morgan fingerprint density at radius 3 is 2.87 bits per heavy atom. The van der Waals surface area contributed by atoms with Crippen LogP contribution in [0.1, 0.15) is 5.56 Å². The van der Waals surface area contributed by atoms with E-state index >= 15 is 0 Å². The monoisotopic (exact) mass is 568 g/mol. The molecule has 1 aromatic heterocycles. The van der Waals surface area contributed by atoms with Crippen molar-refractivity contribution in [3.05, 3.63) is 61.0 Å². The molecular formula is C18H14Br2N6O4S. The number of aromatic nitrogens is 3. The Labute approximate surface area is 197 Å². The number of carbonyl (C=O) groups is 1. The van der Waals surface area contributed by atoms with Crippen LogP contribution in [-0.4, -0.2) is 42.7 Å². The van der Waals surface area contributed by atoms with Gasteiger partial charge in [0, 0.05) is 34.8 Å². The first-order chi connectivity index (χ1) is 14.8. The first-order valence-electron chi connectivity index (χ1n) is 8.53. The smallest absolute Gasteiger partial charge is 0.270 e. The molecule has 2 aromatic carbocycles. The molecule has 0 atom stereocenters. The molecule has 0 aliphatic carbocycles. The number of hydrogen-bond acceptors (Lipinski definition) is 8. The second kappa shape index (κ2) is 10.0. The van der Waals surface area contributed by atoms with Gasteiger partial charge in [0.1, 0.15) is 5.75 Å². The lowest BCUT2D eigenvalue weighted by Gasteiger charge is -2.04. The number of phenolic OH excluding ortho intramolecular Hbond substituents is 1. The Kier molecular flexibility index (Phi) is 7.41. The van der Waals surface area contributed by atoms with Crippen LogP contribution in [0.4, 0.5) is 5.69 Å². The summed E-state index contributed by atoms with van der Waals surface area (Å²) >= 11 is 7.68. The van der Waals surface area contributed by atoms with Crippen molar-refractivity contribution in [1.29, 1.82) is 0 Å². The zero-order valence-corrected chi connectivity index (χ0v) is 19.8. The molecule has 0 spiro atoms. The summed E-state index contributed by atoms with van der Waals surface area (Å²) in [5.41, 5.74) is 3.30. The molecule has 0 saturated carbocycles. The first-order valence-corrected chi connectivity index (χ1v) is 11.1. The second-order valence-corrected chi connectivity index (χ2v) is 8.79. The normalized spacial score (nSPS) is 11.1. The van der Waals surface area contributed by atoms with Crippen LogP contribution in [0.5, 0.6) is 5.75 Å². The van der Waals surface area contributed by atoms with Gasteiger partial charge in [0.15, 0.2) is 11.0 Å². The molecule has 160 valence electrons. The lowest BCUT2D eigenvalue weighted by molar-refractivity contribution is -0.384. The molecule has 10 nitrogen and oxygen atoms in total. The van der Waals surface area contributed by atoms with Crippen molar-refractivity contribution in [2.75, 3.05) is 5.75 Å². The number of nitrogens with one attached hydrogen (secondary N) is 1. The highest BCUT2D eigenvalue weighted by Gasteiger charge is 2.15. The van der Waals surface area contributed by atoms with Crippen LogP contribution < -0.4 is 5.43 Å². The van der Waals surface area contributed by atoms with Crippen molar-refractivity contribution in [2.45, 2.75) is 5.16 Å². The highest BCUT2D eigenvalue weighted by atomic mass is 79.9. The third-order valence-corrected chi connectivity index (χ3v) is 6.02. The van der Waals surface area contributed by atoms with Crippen LogP contribution in [0.3, 0.4) is 0 Å². The number of nitrogens with zero attached hydrogens (tertiary/aromatic N) is 5. The lowest BCUT2D eigenvalue weighted by Crippen LogP contribution is -2.19. The number of rotatable bonds is 7. The minimum absolute atomic E-state index is 0.00309. The van der Waals surface area contributed by atoms with Crippen LogP contribution in [0.15, 0.2) is 55.6 Å². The summed E-state index contributed by atoms with van der Waals surface area (Å²) < 4.78 is 2.88. The van der Waals surface area contributed by atoms with Gasteiger partial charge in [-0.2, -0.15) is 5.10 Å². The van der Waals surface area contributed by atoms with E-state index in [0.717, 1.165) is 16.2 Å². The summed E-state index contributed by atoms with van der Waals surface area (Å²) in [6.07, 6.45) is 1.33. The summed E-state index contributed by atoms with van der Waals surface area (Å²) in [7, 11) is 1.71. The number of carbonyl (C=O) groups excluding carboxylic acids is 1. The molecule has 0 aliphatic heterocycles. The Balaban J connectivity index is 1.61. The second-order valence-electron chi connectivity index (χ2n) is 6.08. The fourth-order valence-corrected chi connectivity index (χ4v) is 4.43. The molecular weight excluding hydrogens is 556 g/mol. The molecule has 13 heteroatoms. The summed E-state index contributed by atoms with van der Waals surface area (Å²) in [5.74, 6) is 0.0882. The standard InChI is InChI=1S/C18H14Br2N6O4S/c1-25-17(10-3-2-4-13(6-10)26(29)30)23-24-18(25)31-9-15(27)22-21-8-11-5-12(19)7-14(20)16(11)28/h2-8,28H,9H2,1H3,(H,22,27)/b21-8-. The Morgan fingerprint density at radius 1 is 1.35 bits per heavy atom. The van der Waals surface area contributed by atoms with Crippen molar-refractivity contribution < 1.29 is 14.8 Å². The van der Waals surface area contributed by atoms with E-state index in [1.165, 1.54) is 18.3 Å². The van der Waals surface area contributed by atoms with E-state index in [1.54, 1.807) is 35.9 Å². The average molecular weight is 570 g/mol. The number of aromatic hydroxyl groups is 1. The van der Waals surface area contributed by atoms with E-state index < -0.39 is 4.92 Å². The van der Waals surface area contributed by atoms with Crippen molar-refractivity contribution in [2.24, 2.45) is 12.1 Å². The molecule has 0 radical (unpaired) electrons. The topological polar surface area (TPSA) is 136 Å². The number of halogens is 2. The molecule has 0 bridgehead atoms. The maximum atomic E-state index is 12.1. The van der Waals surface area contributed by atoms with Gasteiger partial charge < -0.3 is 9.67 Å². The van der Waals surface area contributed by atoms with Gasteiger partial charge in [-0.25, -0.2) is 5.43 Å². The zero-order chi connectivity index (χ0) is 22.5. The summed E-state index contributed by atoms with van der Waals surface area (Å²) in [4.78, 5) is 22.6. The summed E-state index contributed by atoms with van der Waals surface area (Å²) in [6.45, 7) is 0. The third-order valence-electron chi connectivity index (χ3n) is 3.93. The first kappa shape index (κ1) is 22.9. The molecule has 0 fully saturated rings. The summed E-state index contributed by atoms with van der Waals surface area (Å²) in [6, 6.07) is 9.41. The van der Waals surface area contributed by atoms with Crippen LogP contribution in [0.25, 0.3) is 11.4 Å². The number of phenols is 1. The predicted molar refractivity (Wildman–Crippen MR) is 123 cm³/mol. The number of amides is 1. The lowest BCUT2D eigenvalue weighted by atomic mass is 10.2. The van der Waals surface area contributed by atoms with Crippen molar-refractivity contribution in [1.82, 2.24) is 20.2 Å². The third kappa shape index (κ3) is 5.68. The van der Waals surface area contributed by atoms with E-state index in [2.05, 4.69) is 52.6 Å². The van der Waals surface area contributed by atoms with E-state index in [-0.39, 0.29) is 23.1 Å². The van der Waals surface area contributed by atoms with Crippen LogP contribution in [0.2, 0.25) is 0 Å². The highest BCUT2D eigenvalue weighted by Crippen LogP contribution is 2.30. The fourth-order valence-electron chi connectivity index (χ4n) is 2.47. The molecule has 0 saturated heterocycles. The number of nitro groups is 1. The van der Waals surface area contributed by atoms with E-state index in [1.807, 2.05) is 0 Å². The Bertz CT molecular complexity index is 1180. The number of non-ortho nitro benzene ring substituents is 1. The van der Waals surface area contributed by atoms with Crippen LogP contribution >= 0.6 is 43.6 Å². The van der Waals surface area contributed by atoms with Crippen molar-refractivity contribution >= 4 is 61.4 Å². The van der Waals surface area contributed by atoms with Gasteiger partial charge in [0.2, 0.25) is 0 Å². The van der Waals surface area contributed by atoms with Crippen molar-refractivity contribution in [3.63, 3.8) is 0 Å². The number of nitro benzene ring substituents is 1. The fraction of sp³-hybridized carbons (Fsp3) is 0.111. The molecule has 2 N–H and O–H groups in total. The molecule has 3 aromatic rings. The van der Waals surface area contributed by atoms with Crippen LogP contribution in [-0.2, 0) is 11.8 Å². The summed E-state index contributed by atoms with van der Waals surface area (Å²) in [5, 5.41) is 33.4. The van der Waals surface area contributed by atoms with E-state index in [9.17, 15) is 20.0 Å². The molecule has 1 amide bonds. The zero-order valence-electron chi connectivity index (χ0n) is 15.8. The maximum absolute atomic E-state index is 12.1. The molecule has 0 aliphatic rings. The number of thioether (sulfide) groups is 1. The van der Waals surface area contributed by atoms with Crippen LogP contribution in [0, 0.1) is 10.1 Å². The van der Waals surface area contributed by atoms with E-state index in [0.29, 0.717) is 26.6 Å². The molecule has 3 rings (SSSR count). The van der Waals surface area contributed by atoms with Crippen molar-refractivity contribution in [3.8, 4) is 17.1 Å². The number of benzene rings is 2. The quantitative estimate of drug-likeness (QED) is 0.191. The predicted octanol–water partition coefficient (Wildman–Crippen LogP) is 3.86. The maximum Gasteiger partial charge on any atom is 0.270 e. The van der Waals surface area contributed by atoms with Gasteiger partial charge in [-0.05, 0) is 28.1 Å². The van der Waals surface area contributed by atoms with E-state index in [4.69, 9.17) is 0 Å². The van der Waals surface area contributed by atoms with Gasteiger partial charge in [-0.1, -0.05) is 39.8 Å². The molecule has 1 heterocycles.